The Labute approximate surface area is 260 Å². The van der Waals surface area contributed by atoms with Gasteiger partial charge < -0.3 is 24.8 Å². The van der Waals surface area contributed by atoms with Crippen LogP contribution in [0.1, 0.15) is 115 Å². The maximum atomic E-state index is 14.5. The van der Waals surface area contributed by atoms with Gasteiger partial charge in [-0.25, -0.2) is 9.78 Å². The van der Waals surface area contributed by atoms with E-state index in [-0.39, 0.29) is 48.5 Å². The molecule has 5 atom stereocenters. The summed E-state index contributed by atoms with van der Waals surface area (Å²) in [5, 5.41) is 14.3. The van der Waals surface area contributed by atoms with Crippen LogP contribution in [0, 0.1) is 11.8 Å². The van der Waals surface area contributed by atoms with Gasteiger partial charge in [-0.05, 0) is 44.7 Å². The van der Waals surface area contributed by atoms with Gasteiger partial charge in [-0.3, -0.25) is 19.3 Å². The molecule has 1 aliphatic rings. The number of carbonyl (C=O) groups is 4. The normalized spacial score (nSPS) is 18.5. The molecule has 11 nitrogen and oxygen atoms in total. The third-order valence-corrected chi connectivity index (χ3v) is 9.14. The van der Waals surface area contributed by atoms with Gasteiger partial charge >= 0.3 is 11.9 Å². The molecule has 1 fully saturated rings. The Kier molecular flexibility index (Phi) is 15.6. The summed E-state index contributed by atoms with van der Waals surface area (Å²) in [7, 11) is 1.94. The van der Waals surface area contributed by atoms with Gasteiger partial charge in [-0.2, -0.15) is 0 Å². The molecule has 244 valence electrons. The minimum Gasteiger partial charge on any atom is -0.476 e. The second-order valence-electron chi connectivity index (χ2n) is 11.9. The monoisotopic (exact) mass is 624 g/mol. The fourth-order valence-corrected chi connectivity index (χ4v) is 6.20. The fraction of sp³-hybridized carbons (Fsp3) is 0.774. The molecule has 2 amide bonds. The lowest BCUT2D eigenvalue weighted by Gasteiger charge is -2.40. The largest absolute Gasteiger partial charge is 0.476 e. The predicted octanol–water partition coefficient (Wildman–Crippen LogP) is 4.87. The van der Waals surface area contributed by atoms with E-state index >= 15 is 0 Å². The lowest BCUT2D eigenvalue weighted by atomic mass is 9.92. The van der Waals surface area contributed by atoms with Crippen molar-refractivity contribution in [3.05, 3.63) is 16.1 Å². The molecule has 0 aliphatic carbocycles. The number of likely N-dealkylation sites (N-methyl/N-ethyl adjacent to an activating group) is 1. The van der Waals surface area contributed by atoms with Crippen molar-refractivity contribution >= 4 is 35.1 Å². The number of esters is 1. The number of carboxylic acids is 1. The van der Waals surface area contributed by atoms with Crippen molar-refractivity contribution in [2.24, 2.45) is 11.8 Å². The van der Waals surface area contributed by atoms with Crippen LogP contribution in [-0.2, 0) is 23.9 Å². The number of likely N-dealkylation sites (tertiary alicyclic amines) is 1. The first-order valence-corrected chi connectivity index (χ1v) is 16.5. The highest BCUT2D eigenvalue weighted by molar-refractivity contribution is 7.09. The minimum atomic E-state index is -1.17. The number of nitrogens with one attached hydrogen (secondary N) is 1. The summed E-state index contributed by atoms with van der Waals surface area (Å²) in [6.07, 6.45) is 5.68. The molecule has 1 aromatic rings. The first-order chi connectivity index (χ1) is 20.4. The molecule has 0 aromatic carbocycles. The van der Waals surface area contributed by atoms with E-state index < -0.39 is 30.1 Å². The predicted molar refractivity (Wildman–Crippen MR) is 166 cm³/mol. The summed E-state index contributed by atoms with van der Waals surface area (Å²) >= 11 is 1.10. The SMILES string of the molecule is CCCCCOCN(C(=O)C(NC(=O)[C@H]1CCCCN1C)[C@@H](C)CC)[C@H](C[C@@H](OC(C)=O)c1nc(C(=O)O)cs1)C(C)C. The molecular formula is C31H52N4O7S. The molecular weight excluding hydrogens is 572 g/mol. The van der Waals surface area contributed by atoms with E-state index in [9.17, 15) is 24.3 Å². The molecule has 1 aromatic heterocycles. The van der Waals surface area contributed by atoms with E-state index in [1.807, 2.05) is 39.6 Å². The zero-order valence-electron chi connectivity index (χ0n) is 27.0. The number of thiazole rings is 1. The van der Waals surface area contributed by atoms with Crippen molar-refractivity contribution in [1.29, 1.82) is 0 Å². The Morgan fingerprint density at radius 3 is 2.47 bits per heavy atom. The first-order valence-electron chi connectivity index (χ1n) is 15.7. The van der Waals surface area contributed by atoms with Crippen molar-refractivity contribution < 1.29 is 33.8 Å². The van der Waals surface area contributed by atoms with Crippen molar-refractivity contribution in [3.8, 4) is 0 Å². The van der Waals surface area contributed by atoms with Gasteiger partial charge in [-0.1, -0.05) is 60.3 Å². The molecule has 2 N–H and O–H groups in total. The van der Waals surface area contributed by atoms with Crippen LogP contribution in [0.15, 0.2) is 5.38 Å². The number of nitrogens with zero attached hydrogens (tertiary/aromatic N) is 3. The second-order valence-corrected chi connectivity index (χ2v) is 12.8. The van der Waals surface area contributed by atoms with Crippen LogP contribution in [0.5, 0.6) is 0 Å². The number of unbranched alkanes of at least 4 members (excludes halogenated alkanes) is 2. The molecule has 1 unspecified atom stereocenters. The molecule has 2 rings (SSSR count). The van der Waals surface area contributed by atoms with Gasteiger partial charge in [0.25, 0.3) is 0 Å². The van der Waals surface area contributed by atoms with E-state index in [4.69, 9.17) is 9.47 Å². The van der Waals surface area contributed by atoms with Crippen molar-refractivity contribution in [3.63, 3.8) is 0 Å². The van der Waals surface area contributed by atoms with E-state index in [0.29, 0.717) is 18.0 Å². The van der Waals surface area contributed by atoms with Gasteiger partial charge in [0.15, 0.2) is 11.8 Å². The summed E-state index contributed by atoms with van der Waals surface area (Å²) < 4.78 is 11.7. The fourth-order valence-electron chi connectivity index (χ4n) is 5.37. The lowest BCUT2D eigenvalue weighted by Crippen LogP contribution is -2.59. The number of hydrogen-bond donors (Lipinski definition) is 2. The molecule has 2 heterocycles. The van der Waals surface area contributed by atoms with Crippen LogP contribution >= 0.6 is 11.3 Å². The highest BCUT2D eigenvalue weighted by atomic mass is 32.1. The van der Waals surface area contributed by atoms with E-state index in [0.717, 1.165) is 56.4 Å². The zero-order valence-corrected chi connectivity index (χ0v) is 27.8. The number of rotatable bonds is 18. The third kappa shape index (κ3) is 11.1. The van der Waals surface area contributed by atoms with Crippen molar-refractivity contribution in [2.75, 3.05) is 26.9 Å². The number of piperidine rings is 1. The van der Waals surface area contributed by atoms with Crippen LogP contribution in [0.4, 0.5) is 0 Å². The van der Waals surface area contributed by atoms with Crippen LogP contribution in [0.3, 0.4) is 0 Å². The second kappa shape index (κ2) is 18.3. The molecule has 0 saturated carbocycles. The average molecular weight is 625 g/mol. The van der Waals surface area contributed by atoms with Gasteiger partial charge in [0.1, 0.15) is 17.8 Å². The standard InChI is InChI=1S/C31H52N4O7S/c1-8-10-13-16-41-19-35(30(38)27(21(5)9-2)33-28(37)24-14-11-12-15-34(24)7)25(20(3)4)17-26(42-22(6)36)29-32-23(18-43-29)31(39)40/h18,20-21,24-27H,8-17,19H2,1-7H3,(H,33,37)(H,39,40)/t21-,24+,25+,26+,27?/m0/s1. The van der Waals surface area contributed by atoms with Gasteiger partial charge in [0.2, 0.25) is 11.8 Å². The highest BCUT2D eigenvalue weighted by Crippen LogP contribution is 2.31. The van der Waals surface area contributed by atoms with E-state index in [1.54, 1.807) is 4.90 Å². The molecule has 43 heavy (non-hydrogen) atoms. The maximum absolute atomic E-state index is 14.5. The van der Waals surface area contributed by atoms with Crippen LogP contribution in [0.2, 0.25) is 0 Å². The summed E-state index contributed by atoms with van der Waals surface area (Å²) in [6.45, 7) is 12.6. The Bertz CT molecular complexity index is 1050. The average Bonchev–Trinajstić information content (AvgIpc) is 3.46. The van der Waals surface area contributed by atoms with Crippen LogP contribution in [0.25, 0.3) is 0 Å². The number of carbonyl (C=O) groups excluding carboxylic acids is 3. The van der Waals surface area contributed by atoms with Crippen LogP contribution < -0.4 is 5.32 Å². The van der Waals surface area contributed by atoms with E-state index in [1.165, 1.54) is 12.3 Å². The molecule has 0 radical (unpaired) electrons. The number of hydrogen-bond acceptors (Lipinski definition) is 9. The number of aromatic carboxylic acids is 1. The van der Waals surface area contributed by atoms with Crippen molar-refractivity contribution in [2.45, 2.75) is 117 Å². The molecule has 0 spiro atoms. The number of ether oxygens (including phenoxy) is 2. The Balaban J connectivity index is 2.43. The first kappa shape index (κ1) is 36.6. The lowest BCUT2D eigenvalue weighted by molar-refractivity contribution is -0.153. The summed E-state index contributed by atoms with van der Waals surface area (Å²) in [5.74, 6) is -2.32. The van der Waals surface area contributed by atoms with Gasteiger partial charge in [0.05, 0.1) is 6.04 Å². The zero-order chi connectivity index (χ0) is 32.1. The summed E-state index contributed by atoms with van der Waals surface area (Å²) in [4.78, 5) is 59.5. The van der Waals surface area contributed by atoms with E-state index in [2.05, 4.69) is 17.2 Å². The number of amides is 2. The van der Waals surface area contributed by atoms with Gasteiger partial charge in [-0.15, -0.1) is 11.3 Å². The Hall–Kier alpha value is -2.57. The van der Waals surface area contributed by atoms with Crippen LogP contribution in [-0.4, -0.2) is 88.7 Å². The molecule has 12 heteroatoms. The topological polar surface area (TPSA) is 138 Å². The smallest absolute Gasteiger partial charge is 0.355 e. The summed E-state index contributed by atoms with van der Waals surface area (Å²) in [5.41, 5.74) is -0.127. The summed E-state index contributed by atoms with van der Waals surface area (Å²) in [6, 6.07) is -1.51. The number of carboxylic acid groups (broad SMARTS) is 1. The highest BCUT2D eigenvalue weighted by Gasteiger charge is 2.39. The maximum Gasteiger partial charge on any atom is 0.355 e. The minimum absolute atomic E-state index is 0.0164. The quantitative estimate of drug-likeness (QED) is 0.133. The van der Waals surface area contributed by atoms with Crippen molar-refractivity contribution in [1.82, 2.24) is 20.1 Å². The molecule has 1 aliphatic heterocycles. The number of aromatic nitrogens is 1. The third-order valence-electron chi connectivity index (χ3n) is 8.21. The Morgan fingerprint density at radius 1 is 1.19 bits per heavy atom. The molecule has 0 bridgehead atoms. The van der Waals surface area contributed by atoms with Gasteiger partial charge in [0, 0.05) is 31.4 Å². The Morgan fingerprint density at radius 2 is 1.91 bits per heavy atom. The molecule has 1 saturated heterocycles.